The summed E-state index contributed by atoms with van der Waals surface area (Å²) in [6.07, 6.45) is 4.75. The third-order valence-corrected chi connectivity index (χ3v) is 3.65. The second kappa shape index (κ2) is 4.63. The van der Waals surface area contributed by atoms with Crippen LogP contribution in [0.5, 0.6) is 5.88 Å². The van der Waals surface area contributed by atoms with Crippen LogP contribution in [0.25, 0.3) is 0 Å². The minimum atomic E-state index is -0.344. The summed E-state index contributed by atoms with van der Waals surface area (Å²) in [6, 6.07) is 2.05. The number of aromatic nitrogens is 1. The molecule has 1 heterocycles. The van der Waals surface area contributed by atoms with Gasteiger partial charge >= 0.3 is 0 Å². The Balaban J connectivity index is 2.24. The third kappa shape index (κ3) is 2.42. The number of aliphatic hydroxyl groups excluding tert-OH is 1. The van der Waals surface area contributed by atoms with Gasteiger partial charge in [-0.3, -0.25) is 0 Å². The van der Waals surface area contributed by atoms with E-state index in [1.54, 1.807) is 13.3 Å². The van der Waals surface area contributed by atoms with E-state index < -0.39 is 0 Å². The van der Waals surface area contributed by atoms with Crippen LogP contribution in [-0.4, -0.2) is 23.3 Å². The lowest BCUT2D eigenvalue weighted by Crippen LogP contribution is -2.41. The fourth-order valence-electron chi connectivity index (χ4n) is 2.45. The first-order valence-corrected chi connectivity index (χ1v) is 6.03. The van der Waals surface area contributed by atoms with Gasteiger partial charge < -0.3 is 15.6 Å². The molecule has 0 aromatic carbocycles. The average molecular weight is 236 g/mol. The van der Waals surface area contributed by atoms with Crippen molar-refractivity contribution in [3.8, 4) is 5.88 Å². The molecule has 0 atom stereocenters. The third-order valence-electron chi connectivity index (χ3n) is 3.65. The van der Waals surface area contributed by atoms with Crippen molar-refractivity contribution < 1.29 is 9.84 Å². The predicted molar refractivity (Wildman–Crippen MR) is 65.9 cm³/mol. The Kier molecular flexibility index (Phi) is 3.35. The van der Waals surface area contributed by atoms with Crippen LogP contribution in [0.15, 0.2) is 12.3 Å². The minimum absolute atomic E-state index is 0.195. The van der Waals surface area contributed by atoms with Crippen LogP contribution in [0, 0.1) is 6.92 Å². The SMILES string of the molecule is COc1ncc(C2(N)CCC(O)CC2)cc1C. The highest BCUT2D eigenvalue weighted by atomic mass is 16.5. The quantitative estimate of drug-likeness (QED) is 0.816. The molecule has 1 aromatic heterocycles. The Bertz CT molecular complexity index is 398. The highest BCUT2D eigenvalue weighted by Crippen LogP contribution is 2.35. The smallest absolute Gasteiger partial charge is 0.215 e. The van der Waals surface area contributed by atoms with Crippen LogP contribution in [0.4, 0.5) is 0 Å². The van der Waals surface area contributed by atoms with Crippen molar-refractivity contribution in [1.29, 1.82) is 0 Å². The number of aliphatic hydroxyl groups is 1. The number of methoxy groups -OCH3 is 1. The van der Waals surface area contributed by atoms with Crippen molar-refractivity contribution >= 4 is 0 Å². The van der Waals surface area contributed by atoms with Crippen LogP contribution >= 0.6 is 0 Å². The number of ether oxygens (including phenoxy) is 1. The van der Waals surface area contributed by atoms with Crippen LogP contribution in [0.1, 0.15) is 36.8 Å². The molecule has 0 radical (unpaired) electrons. The zero-order valence-electron chi connectivity index (χ0n) is 10.4. The van der Waals surface area contributed by atoms with Crippen molar-refractivity contribution in [2.45, 2.75) is 44.2 Å². The number of rotatable bonds is 2. The largest absolute Gasteiger partial charge is 0.481 e. The van der Waals surface area contributed by atoms with E-state index in [0.29, 0.717) is 5.88 Å². The Morgan fingerprint density at radius 1 is 1.47 bits per heavy atom. The molecule has 94 valence electrons. The molecule has 1 saturated carbocycles. The van der Waals surface area contributed by atoms with E-state index in [0.717, 1.165) is 36.8 Å². The van der Waals surface area contributed by atoms with E-state index in [2.05, 4.69) is 4.98 Å². The van der Waals surface area contributed by atoms with Gasteiger partial charge in [-0.15, -0.1) is 0 Å². The second-order valence-electron chi connectivity index (χ2n) is 4.94. The molecule has 4 heteroatoms. The Hall–Kier alpha value is -1.13. The maximum Gasteiger partial charge on any atom is 0.215 e. The monoisotopic (exact) mass is 236 g/mol. The molecule has 0 unspecified atom stereocenters. The summed E-state index contributed by atoms with van der Waals surface area (Å²) in [4.78, 5) is 4.27. The minimum Gasteiger partial charge on any atom is -0.481 e. The molecule has 0 amide bonds. The summed E-state index contributed by atoms with van der Waals surface area (Å²) in [5.74, 6) is 0.646. The lowest BCUT2D eigenvalue weighted by Gasteiger charge is -2.36. The Labute approximate surface area is 102 Å². The molecule has 0 saturated heterocycles. The summed E-state index contributed by atoms with van der Waals surface area (Å²) in [5, 5.41) is 9.53. The second-order valence-corrected chi connectivity index (χ2v) is 4.94. The molecule has 1 aromatic rings. The summed E-state index contributed by atoms with van der Waals surface area (Å²) < 4.78 is 5.15. The van der Waals surface area contributed by atoms with Crippen molar-refractivity contribution in [1.82, 2.24) is 4.98 Å². The van der Waals surface area contributed by atoms with Crippen molar-refractivity contribution in [2.75, 3.05) is 7.11 Å². The Morgan fingerprint density at radius 2 is 2.12 bits per heavy atom. The van der Waals surface area contributed by atoms with Crippen LogP contribution in [0.3, 0.4) is 0 Å². The molecule has 0 spiro atoms. The van der Waals surface area contributed by atoms with Gasteiger partial charge in [0.2, 0.25) is 5.88 Å². The standard InChI is InChI=1S/C13H20N2O2/c1-9-7-10(8-15-12(9)17-2)13(14)5-3-11(16)4-6-13/h7-8,11,16H,3-6,14H2,1-2H3. The fourth-order valence-corrected chi connectivity index (χ4v) is 2.45. The van der Waals surface area contributed by atoms with Gasteiger partial charge in [0.15, 0.2) is 0 Å². The molecule has 1 fully saturated rings. The molecule has 2 rings (SSSR count). The average Bonchev–Trinajstić information content (AvgIpc) is 2.33. The summed E-state index contributed by atoms with van der Waals surface area (Å²) in [5.41, 5.74) is 8.11. The Morgan fingerprint density at radius 3 is 2.65 bits per heavy atom. The highest BCUT2D eigenvalue weighted by Gasteiger charge is 2.33. The van der Waals surface area contributed by atoms with Crippen LogP contribution in [0.2, 0.25) is 0 Å². The van der Waals surface area contributed by atoms with Gasteiger partial charge in [0.05, 0.1) is 13.2 Å². The van der Waals surface area contributed by atoms with E-state index in [9.17, 15) is 5.11 Å². The maximum absolute atomic E-state index is 9.53. The number of aryl methyl sites for hydroxylation is 1. The van der Waals surface area contributed by atoms with Gasteiger partial charge in [-0.2, -0.15) is 0 Å². The summed E-state index contributed by atoms with van der Waals surface area (Å²) in [7, 11) is 1.62. The number of hydrogen-bond donors (Lipinski definition) is 2. The molecule has 4 nitrogen and oxygen atoms in total. The molecular formula is C13H20N2O2. The van der Waals surface area contributed by atoms with E-state index in [-0.39, 0.29) is 11.6 Å². The van der Waals surface area contributed by atoms with E-state index >= 15 is 0 Å². The van der Waals surface area contributed by atoms with Crippen molar-refractivity contribution in [3.63, 3.8) is 0 Å². The zero-order chi connectivity index (χ0) is 12.5. The van der Waals surface area contributed by atoms with Gasteiger partial charge in [0, 0.05) is 17.3 Å². The van der Waals surface area contributed by atoms with Gasteiger partial charge in [-0.1, -0.05) is 0 Å². The number of hydrogen-bond acceptors (Lipinski definition) is 4. The molecular weight excluding hydrogens is 216 g/mol. The number of pyridine rings is 1. The van der Waals surface area contributed by atoms with Crippen molar-refractivity contribution in [2.24, 2.45) is 5.73 Å². The van der Waals surface area contributed by atoms with E-state index in [4.69, 9.17) is 10.5 Å². The lowest BCUT2D eigenvalue weighted by atomic mass is 9.77. The highest BCUT2D eigenvalue weighted by molar-refractivity contribution is 5.32. The summed E-state index contributed by atoms with van der Waals surface area (Å²) >= 11 is 0. The summed E-state index contributed by atoms with van der Waals surface area (Å²) in [6.45, 7) is 1.97. The van der Waals surface area contributed by atoms with E-state index in [1.165, 1.54) is 0 Å². The number of nitrogens with zero attached hydrogens (tertiary/aromatic N) is 1. The molecule has 0 aliphatic heterocycles. The zero-order valence-corrected chi connectivity index (χ0v) is 10.4. The first-order chi connectivity index (χ1) is 8.05. The van der Waals surface area contributed by atoms with Crippen LogP contribution in [-0.2, 0) is 5.54 Å². The fraction of sp³-hybridized carbons (Fsp3) is 0.615. The lowest BCUT2D eigenvalue weighted by molar-refractivity contribution is 0.0967. The topological polar surface area (TPSA) is 68.4 Å². The molecule has 3 N–H and O–H groups in total. The van der Waals surface area contributed by atoms with Gasteiger partial charge in [0.25, 0.3) is 0 Å². The number of nitrogens with two attached hydrogens (primary N) is 1. The first kappa shape index (κ1) is 12.3. The molecule has 1 aliphatic carbocycles. The molecule has 0 bridgehead atoms. The molecule has 17 heavy (non-hydrogen) atoms. The van der Waals surface area contributed by atoms with Gasteiger partial charge in [-0.05, 0) is 44.2 Å². The first-order valence-electron chi connectivity index (χ1n) is 6.03. The van der Waals surface area contributed by atoms with Gasteiger partial charge in [0.1, 0.15) is 0 Å². The van der Waals surface area contributed by atoms with Crippen LogP contribution < -0.4 is 10.5 Å². The maximum atomic E-state index is 9.53. The predicted octanol–water partition coefficient (Wildman–Crippen LogP) is 1.49. The normalized spacial score (nSPS) is 29.1. The van der Waals surface area contributed by atoms with Crippen molar-refractivity contribution in [3.05, 3.63) is 23.4 Å². The van der Waals surface area contributed by atoms with Gasteiger partial charge in [-0.25, -0.2) is 4.98 Å². The van der Waals surface area contributed by atoms with E-state index in [1.807, 2.05) is 13.0 Å². The molecule has 1 aliphatic rings.